The minimum atomic E-state index is -1.56. The first-order chi connectivity index (χ1) is 27.3. The second kappa shape index (κ2) is 37.9. The van der Waals surface area contributed by atoms with Crippen molar-refractivity contribution in [2.45, 2.75) is 256 Å². The van der Waals surface area contributed by atoms with E-state index in [0.29, 0.717) is 6.42 Å². The second-order valence-corrected chi connectivity index (χ2v) is 16.5. The predicted molar refractivity (Wildman–Crippen MR) is 230 cm³/mol. The van der Waals surface area contributed by atoms with Gasteiger partial charge in [0.2, 0.25) is 5.91 Å². The third kappa shape index (κ3) is 28.2. The zero-order valence-electron chi connectivity index (χ0n) is 36.1. The van der Waals surface area contributed by atoms with Crippen LogP contribution in [0.25, 0.3) is 0 Å². The Labute approximate surface area is 343 Å². The number of allylic oxidation sites excluding steroid dienone is 3. The summed E-state index contributed by atoms with van der Waals surface area (Å²) in [6, 6.07) is -0.803. The highest BCUT2D eigenvalue weighted by Crippen LogP contribution is 2.23. The van der Waals surface area contributed by atoms with Crippen LogP contribution in [0.2, 0.25) is 0 Å². The number of aliphatic hydroxyl groups is 5. The van der Waals surface area contributed by atoms with Gasteiger partial charge in [-0.15, -0.1) is 0 Å². The maximum atomic E-state index is 13.0. The molecule has 1 heterocycles. The number of aliphatic hydroxyl groups excluding tert-OH is 5. The summed E-state index contributed by atoms with van der Waals surface area (Å²) >= 11 is 0. The molecule has 0 aliphatic carbocycles. The zero-order valence-corrected chi connectivity index (χ0v) is 36.1. The summed E-state index contributed by atoms with van der Waals surface area (Å²) < 4.78 is 11.2. The van der Waals surface area contributed by atoms with E-state index < -0.39 is 49.5 Å². The van der Waals surface area contributed by atoms with E-state index >= 15 is 0 Å². The fourth-order valence-corrected chi connectivity index (χ4v) is 7.45. The van der Waals surface area contributed by atoms with Crippen LogP contribution in [-0.4, -0.2) is 87.5 Å². The molecule has 1 aliphatic heterocycles. The lowest BCUT2D eigenvalue weighted by Crippen LogP contribution is -2.60. The van der Waals surface area contributed by atoms with Crippen LogP contribution in [0.1, 0.15) is 213 Å². The van der Waals surface area contributed by atoms with E-state index in [1.54, 1.807) is 6.08 Å². The lowest BCUT2D eigenvalue weighted by atomic mass is 9.99. The Balaban J connectivity index is 2.30. The van der Waals surface area contributed by atoms with Crippen LogP contribution in [0.15, 0.2) is 24.3 Å². The van der Waals surface area contributed by atoms with Crippen molar-refractivity contribution >= 4 is 5.91 Å². The van der Waals surface area contributed by atoms with Crippen LogP contribution in [0, 0.1) is 0 Å². The lowest BCUT2D eigenvalue weighted by molar-refractivity contribution is -0.302. The highest BCUT2D eigenvalue weighted by atomic mass is 16.7. The minimum Gasteiger partial charge on any atom is -0.394 e. The van der Waals surface area contributed by atoms with Crippen molar-refractivity contribution in [1.29, 1.82) is 0 Å². The molecule has 1 amide bonds. The van der Waals surface area contributed by atoms with Crippen LogP contribution in [0.3, 0.4) is 0 Å². The summed E-state index contributed by atoms with van der Waals surface area (Å²) in [6.07, 6.45) is 37.9. The number of carbonyl (C=O) groups is 1. The maximum absolute atomic E-state index is 13.0. The first-order valence-electron chi connectivity index (χ1n) is 23.6. The van der Waals surface area contributed by atoms with Gasteiger partial charge in [-0.2, -0.15) is 0 Å². The van der Waals surface area contributed by atoms with E-state index in [1.165, 1.54) is 148 Å². The molecule has 7 atom stereocenters. The number of carbonyl (C=O) groups excluding carboxylic acids is 1. The monoisotopic (exact) mass is 796 g/mol. The largest absolute Gasteiger partial charge is 0.394 e. The number of nitrogens with one attached hydrogen (secondary N) is 1. The van der Waals surface area contributed by atoms with Crippen LogP contribution >= 0.6 is 0 Å². The Kier molecular flexibility index (Phi) is 35.7. The molecule has 2 unspecified atom stereocenters. The Hall–Kier alpha value is -1.33. The highest BCUT2D eigenvalue weighted by molar-refractivity contribution is 5.76. The standard InChI is InChI=1S/C47H89NO8/c1-3-5-7-9-11-13-15-17-18-19-20-21-22-23-25-27-29-31-33-35-37-43(51)48-40(39-55-47-46(54)45(53)44(52)42(38-49)56-47)41(50)36-34-32-30-28-26-24-16-14-12-10-8-6-4-2/h8,10,34,36,40-42,44-47,49-50,52-54H,3-7,9,11-33,35,37-39H2,1-2H3,(H,48,51)/b10-8+,36-34+/t40-,41+,42-,44-,45?,46?,47-/m0/s1. The first-order valence-corrected chi connectivity index (χ1v) is 23.6. The molecule has 0 spiro atoms. The smallest absolute Gasteiger partial charge is 0.220 e. The molecular weight excluding hydrogens is 707 g/mol. The third-order valence-electron chi connectivity index (χ3n) is 11.3. The number of ether oxygens (including phenoxy) is 2. The summed E-state index contributed by atoms with van der Waals surface area (Å²) in [4.78, 5) is 13.0. The van der Waals surface area contributed by atoms with E-state index in [9.17, 15) is 30.3 Å². The molecule has 1 fully saturated rings. The molecule has 0 radical (unpaired) electrons. The number of rotatable bonds is 39. The third-order valence-corrected chi connectivity index (χ3v) is 11.3. The van der Waals surface area contributed by atoms with Gasteiger partial charge in [-0.1, -0.05) is 192 Å². The molecule has 330 valence electrons. The number of unbranched alkanes of at least 4 members (excludes halogenated alkanes) is 27. The summed E-state index contributed by atoms with van der Waals surface area (Å²) in [5.41, 5.74) is 0. The molecule has 1 saturated heterocycles. The second-order valence-electron chi connectivity index (χ2n) is 16.5. The van der Waals surface area contributed by atoms with Crippen LogP contribution in [-0.2, 0) is 14.3 Å². The molecule has 56 heavy (non-hydrogen) atoms. The van der Waals surface area contributed by atoms with Crippen LogP contribution in [0.5, 0.6) is 0 Å². The van der Waals surface area contributed by atoms with Crippen molar-refractivity contribution < 1.29 is 39.8 Å². The van der Waals surface area contributed by atoms with E-state index in [-0.39, 0.29) is 12.5 Å². The fourth-order valence-electron chi connectivity index (χ4n) is 7.45. The summed E-state index contributed by atoms with van der Waals surface area (Å²) in [7, 11) is 0. The van der Waals surface area contributed by atoms with Gasteiger partial charge in [0.15, 0.2) is 6.29 Å². The molecule has 0 aromatic carbocycles. The number of amides is 1. The molecule has 0 saturated carbocycles. The van der Waals surface area contributed by atoms with E-state index in [1.807, 2.05) is 6.08 Å². The summed E-state index contributed by atoms with van der Waals surface area (Å²) in [6.45, 7) is 3.72. The van der Waals surface area contributed by atoms with E-state index in [4.69, 9.17) is 9.47 Å². The van der Waals surface area contributed by atoms with Crippen molar-refractivity contribution in [3.8, 4) is 0 Å². The Bertz CT molecular complexity index is 930. The van der Waals surface area contributed by atoms with Crippen molar-refractivity contribution in [1.82, 2.24) is 5.32 Å². The average molecular weight is 796 g/mol. The highest BCUT2D eigenvalue weighted by Gasteiger charge is 2.44. The van der Waals surface area contributed by atoms with Crippen molar-refractivity contribution in [2.24, 2.45) is 0 Å². The topological polar surface area (TPSA) is 149 Å². The Morgan fingerprint density at radius 1 is 0.589 bits per heavy atom. The van der Waals surface area contributed by atoms with Crippen molar-refractivity contribution in [3.63, 3.8) is 0 Å². The van der Waals surface area contributed by atoms with Gasteiger partial charge in [0.1, 0.15) is 24.4 Å². The number of hydrogen-bond acceptors (Lipinski definition) is 8. The molecule has 0 bridgehead atoms. The van der Waals surface area contributed by atoms with Crippen molar-refractivity contribution in [3.05, 3.63) is 24.3 Å². The maximum Gasteiger partial charge on any atom is 0.220 e. The fraction of sp³-hybridized carbons (Fsp3) is 0.894. The van der Waals surface area contributed by atoms with Gasteiger partial charge in [-0.3, -0.25) is 4.79 Å². The molecule has 1 aliphatic rings. The minimum absolute atomic E-state index is 0.178. The van der Waals surface area contributed by atoms with Crippen molar-refractivity contribution in [2.75, 3.05) is 13.2 Å². The molecular formula is C47H89NO8. The van der Waals surface area contributed by atoms with Gasteiger partial charge in [0.25, 0.3) is 0 Å². The van der Waals surface area contributed by atoms with E-state index in [2.05, 4.69) is 31.3 Å². The van der Waals surface area contributed by atoms with Gasteiger partial charge >= 0.3 is 0 Å². The molecule has 1 rings (SSSR count). The summed E-state index contributed by atoms with van der Waals surface area (Å²) in [5, 5.41) is 54.2. The Morgan fingerprint density at radius 2 is 1.04 bits per heavy atom. The normalized spacial score (nSPS) is 21.3. The molecule has 0 aromatic heterocycles. The van der Waals surface area contributed by atoms with Crippen LogP contribution in [0.4, 0.5) is 0 Å². The Morgan fingerprint density at radius 3 is 1.52 bits per heavy atom. The predicted octanol–water partition coefficient (Wildman–Crippen LogP) is 9.89. The summed E-state index contributed by atoms with van der Waals surface area (Å²) in [5.74, 6) is -0.178. The molecule has 9 heteroatoms. The molecule has 0 aromatic rings. The van der Waals surface area contributed by atoms with Gasteiger partial charge in [-0.25, -0.2) is 0 Å². The molecule has 9 nitrogen and oxygen atoms in total. The first kappa shape index (κ1) is 52.7. The zero-order chi connectivity index (χ0) is 40.9. The van der Waals surface area contributed by atoms with Gasteiger partial charge < -0.3 is 40.3 Å². The van der Waals surface area contributed by atoms with Gasteiger partial charge in [0, 0.05) is 6.42 Å². The lowest BCUT2D eigenvalue weighted by Gasteiger charge is -2.40. The SMILES string of the molecule is CCC/C=C/CCCCCCCC/C=C/[C@@H](O)[C@H](CO[C@H]1O[C@@H](CO)[C@H](O)C(O)C1O)NC(=O)CCCCCCCCCCCCCCCCCCCCCC. The quantitative estimate of drug-likeness (QED) is 0.0266. The average Bonchev–Trinajstić information content (AvgIpc) is 3.20. The molecule has 6 N–H and O–H groups in total. The van der Waals surface area contributed by atoms with Crippen LogP contribution < -0.4 is 5.32 Å². The van der Waals surface area contributed by atoms with Gasteiger partial charge in [0.05, 0.1) is 25.4 Å². The number of hydrogen-bond donors (Lipinski definition) is 6. The van der Waals surface area contributed by atoms with E-state index in [0.717, 1.165) is 44.9 Å². The van der Waals surface area contributed by atoms with Gasteiger partial charge in [-0.05, 0) is 38.5 Å².